The molecule has 0 bridgehead atoms. The molecule has 1 fully saturated rings. The van der Waals surface area contributed by atoms with E-state index in [1.54, 1.807) is 4.68 Å². The normalized spacial score (nSPS) is 19.9. The maximum Gasteiger partial charge on any atom is 0.108 e. The Morgan fingerprint density at radius 1 is 1.44 bits per heavy atom. The lowest BCUT2D eigenvalue weighted by Crippen LogP contribution is -2.42. The minimum Gasteiger partial charge on any atom is -0.367 e. The van der Waals surface area contributed by atoms with Crippen LogP contribution in [-0.2, 0) is 18.4 Å². The van der Waals surface area contributed by atoms with Gasteiger partial charge in [0.25, 0.3) is 0 Å². The summed E-state index contributed by atoms with van der Waals surface area (Å²) in [5, 5.41) is 7.90. The smallest absolute Gasteiger partial charge is 0.108 e. The van der Waals surface area contributed by atoms with E-state index in [1.807, 2.05) is 13.2 Å². The summed E-state index contributed by atoms with van der Waals surface area (Å²) in [4.78, 5) is 0. The molecule has 2 N–H and O–H groups in total. The Hall–Kier alpha value is -0.940. The molecule has 5 heteroatoms. The predicted molar refractivity (Wildman–Crippen MR) is 60.7 cm³/mol. The topological polar surface area (TPSA) is 66.0 Å². The van der Waals surface area contributed by atoms with Gasteiger partial charge in [0.05, 0.1) is 18.4 Å². The lowest BCUT2D eigenvalue weighted by molar-refractivity contribution is -0.0745. The van der Waals surface area contributed by atoms with E-state index in [9.17, 15) is 0 Å². The Morgan fingerprint density at radius 2 is 2.19 bits per heavy atom. The fourth-order valence-electron chi connectivity index (χ4n) is 2.29. The lowest BCUT2D eigenvalue weighted by Gasteiger charge is -2.35. The summed E-state index contributed by atoms with van der Waals surface area (Å²) in [6.45, 7) is 1.12. The number of nitrogens with zero attached hydrogens (tertiary/aromatic N) is 3. The van der Waals surface area contributed by atoms with Crippen LogP contribution < -0.4 is 5.73 Å². The molecule has 5 nitrogen and oxygen atoms in total. The number of aromatic nitrogens is 3. The highest BCUT2D eigenvalue weighted by molar-refractivity contribution is 4.92. The Bertz CT molecular complexity index is 330. The Labute approximate surface area is 96.0 Å². The maximum absolute atomic E-state index is 5.98. The van der Waals surface area contributed by atoms with Gasteiger partial charge in [0.2, 0.25) is 0 Å². The van der Waals surface area contributed by atoms with Crippen molar-refractivity contribution < 1.29 is 4.74 Å². The summed E-state index contributed by atoms with van der Waals surface area (Å²) in [7, 11) is 1.86. The standard InChI is InChI=1S/C11H20N4O/c1-15-7-10(13-14-15)8-16-11(9-12)5-3-2-4-6-11/h7H,2-6,8-9,12H2,1H3. The van der Waals surface area contributed by atoms with Crippen molar-refractivity contribution in [3.63, 3.8) is 0 Å². The van der Waals surface area contributed by atoms with Gasteiger partial charge in [-0.05, 0) is 12.8 Å². The highest BCUT2D eigenvalue weighted by atomic mass is 16.5. The first-order valence-electron chi connectivity index (χ1n) is 5.93. The molecule has 1 heterocycles. The summed E-state index contributed by atoms with van der Waals surface area (Å²) in [5.74, 6) is 0. The average Bonchev–Trinajstić information content (AvgIpc) is 2.74. The number of rotatable bonds is 4. The van der Waals surface area contributed by atoms with Crippen molar-refractivity contribution in [2.24, 2.45) is 12.8 Å². The van der Waals surface area contributed by atoms with E-state index >= 15 is 0 Å². The lowest BCUT2D eigenvalue weighted by atomic mass is 9.85. The number of nitrogens with two attached hydrogens (primary N) is 1. The Morgan fingerprint density at radius 3 is 2.75 bits per heavy atom. The fourth-order valence-corrected chi connectivity index (χ4v) is 2.29. The third-order valence-electron chi connectivity index (χ3n) is 3.31. The summed E-state index contributed by atoms with van der Waals surface area (Å²) in [6, 6.07) is 0. The monoisotopic (exact) mass is 224 g/mol. The van der Waals surface area contributed by atoms with Gasteiger partial charge in [0.1, 0.15) is 5.69 Å². The van der Waals surface area contributed by atoms with E-state index in [-0.39, 0.29) is 5.60 Å². The molecule has 1 aromatic heterocycles. The molecular formula is C11H20N4O. The zero-order chi connectivity index (χ0) is 11.4. The minimum atomic E-state index is -0.115. The van der Waals surface area contributed by atoms with Crippen LogP contribution in [0.3, 0.4) is 0 Å². The quantitative estimate of drug-likeness (QED) is 0.828. The van der Waals surface area contributed by atoms with E-state index in [2.05, 4.69) is 10.3 Å². The first kappa shape index (κ1) is 11.5. The molecule has 16 heavy (non-hydrogen) atoms. The van der Waals surface area contributed by atoms with E-state index < -0.39 is 0 Å². The van der Waals surface area contributed by atoms with Crippen LogP contribution in [0.4, 0.5) is 0 Å². The van der Waals surface area contributed by atoms with Gasteiger partial charge in [-0.3, -0.25) is 4.68 Å². The molecule has 0 spiro atoms. The molecule has 90 valence electrons. The second-order valence-electron chi connectivity index (χ2n) is 4.62. The molecule has 0 aromatic carbocycles. The van der Waals surface area contributed by atoms with Crippen molar-refractivity contribution >= 4 is 0 Å². The summed E-state index contributed by atoms with van der Waals surface area (Å²) >= 11 is 0. The van der Waals surface area contributed by atoms with Gasteiger partial charge in [-0.1, -0.05) is 24.5 Å². The van der Waals surface area contributed by atoms with Crippen molar-refractivity contribution in [3.05, 3.63) is 11.9 Å². The fraction of sp³-hybridized carbons (Fsp3) is 0.818. The zero-order valence-corrected chi connectivity index (χ0v) is 9.85. The summed E-state index contributed by atoms with van der Waals surface area (Å²) < 4.78 is 7.67. The van der Waals surface area contributed by atoms with E-state index in [0.717, 1.165) is 18.5 Å². The largest absolute Gasteiger partial charge is 0.367 e. The number of ether oxygens (including phenoxy) is 1. The molecule has 2 rings (SSSR count). The van der Waals surface area contributed by atoms with Gasteiger partial charge < -0.3 is 10.5 Å². The summed E-state index contributed by atoms with van der Waals surface area (Å²) in [6.07, 6.45) is 7.77. The first-order chi connectivity index (χ1) is 7.74. The van der Waals surface area contributed by atoms with Gasteiger partial charge in [-0.15, -0.1) is 5.10 Å². The Balaban J connectivity index is 1.91. The van der Waals surface area contributed by atoms with Crippen LogP contribution in [0.5, 0.6) is 0 Å². The van der Waals surface area contributed by atoms with Crippen LogP contribution in [0.1, 0.15) is 37.8 Å². The van der Waals surface area contributed by atoms with Crippen molar-refractivity contribution in [2.45, 2.75) is 44.3 Å². The second-order valence-corrected chi connectivity index (χ2v) is 4.62. The SMILES string of the molecule is Cn1cc(COC2(CN)CCCCC2)nn1. The molecule has 1 aromatic rings. The highest BCUT2D eigenvalue weighted by Gasteiger charge is 2.31. The molecule has 0 saturated heterocycles. The molecule has 0 radical (unpaired) electrons. The van der Waals surface area contributed by atoms with E-state index in [4.69, 9.17) is 10.5 Å². The number of hydrogen-bond donors (Lipinski definition) is 1. The van der Waals surface area contributed by atoms with Crippen LogP contribution in [-0.4, -0.2) is 27.1 Å². The number of hydrogen-bond acceptors (Lipinski definition) is 4. The first-order valence-corrected chi connectivity index (χ1v) is 5.93. The molecule has 1 aliphatic rings. The predicted octanol–water partition coefficient (Wildman–Crippen LogP) is 0.993. The van der Waals surface area contributed by atoms with Gasteiger partial charge in [0.15, 0.2) is 0 Å². The van der Waals surface area contributed by atoms with Crippen LogP contribution in [0.15, 0.2) is 6.20 Å². The molecule has 0 aliphatic heterocycles. The van der Waals surface area contributed by atoms with Crippen LogP contribution in [0.25, 0.3) is 0 Å². The second kappa shape index (κ2) is 4.93. The van der Waals surface area contributed by atoms with Crippen LogP contribution >= 0.6 is 0 Å². The molecule has 1 aliphatic carbocycles. The third kappa shape index (κ3) is 2.59. The van der Waals surface area contributed by atoms with Crippen LogP contribution in [0, 0.1) is 0 Å². The number of aryl methyl sites for hydroxylation is 1. The molecule has 0 atom stereocenters. The third-order valence-corrected chi connectivity index (χ3v) is 3.31. The van der Waals surface area contributed by atoms with Crippen LogP contribution in [0.2, 0.25) is 0 Å². The van der Waals surface area contributed by atoms with Gasteiger partial charge in [-0.25, -0.2) is 0 Å². The van der Waals surface area contributed by atoms with Gasteiger partial charge in [0, 0.05) is 13.6 Å². The van der Waals surface area contributed by atoms with E-state index in [1.165, 1.54) is 19.3 Å². The van der Waals surface area contributed by atoms with Crippen molar-refractivity contribution in [2.75, 3.05) is 6.54 Å². The summed E-state index contributed by atoms with van der Waals surface area (Å²) in [5.41, 5.74) is 6.60. The highest BCUT2D eigenvalue weighted by Crippen LogP contribution is 2.31. The van der Waals surface area contributed by atoms with Crippen molar-refractivity contribution in [1.29, 1.82) is 0 Å². The van der Waals surface area contributed by atoms with Gasteiger partial charge in [-0.2, -0.15) is 0 Å². The average molecular weight is 224 g/mol. The minimum absolute atomic E-state index is 0.115. The van der Waals surface area contributed by atoms with Gasteiger partial charge >= 0.3 is 0 Å². The molecule has 0 unspecified atom stereocenters. The maximum atomic E-state index is 5.98. The van der Waals surface area contributed by atoms with Crippen molar-refractivity contribution in [1.82, 2.24) is 15.0 Å². The zero-order valence-electron chi connectivity index (χ0n) is 9.85. The van der Waals surface area contributed by atoms with Crippen molar-refractivity contribution in [3.8, 4) is 0 Å². The molecule has 1 saturated carbocycles. The molecule has 0 amide bonds. The van der Waals surface area contributed by atoms with E-state index in [0.29, 0.717) is 13.2 Å². The molecular weight excluding hydrogens is 204 g/mol. The Kier molecular flexibility index (Phi) is 3.56.